The molecular formula is C20H42O6. The fourth-order valence-electron chi connectivity index (χ4n) is 4.17. The predicted molar refractivity (Wildman–Crippen MR) is 102 cm³/mol. The van der Waals surface area contributed by atoms with Gasteiger partial charge in [-0.2, -0.15) is 0 Å². The van der Waals surface area contributed by atoms with Crippen LogP contribution < -0.4 is 0 Å². The summed E-state index contributed by atoms with van der Waals surface area (Å²) < 4.78 is 0. The summed E-state index contributed by atoms with van der Waals surface area (Å²) in [4.78, 5) is 0. The van der Waals surface area contributed by atoms with E-state index in [1.165, 1.54) is 0 Å². The number of rotatable bonds is 13. The Morgan fingerprint density at radius 2 is 1.46 bits per heavy atom. The molecule has 6 N–H and O–H groups in total. The highest BCUT2D eigenvalue weighted by molar-refractivity contribution is 4.98. The molecule has 0 aliphatic carbocycles. The molecule has 0 rings (SSSR count). The summed E-state index contributed by atoms with van der Waals surface area (Å²) in [6.45, 7) is 10.6. The average Bonchev–Trinajstić information content (AvgIpc) is 2.53. The lowest BCUT2D eigenvalue weighted by Crippen LogP contribution is -2.56. The zero-order valence-electron chi connectivity index (χ0n) is 17.4. The van der Waals surface area contributed by atoms with Crippen molar-refractivity contribution < 1.29 is 30.6 Å². The van der Waals surface area contributed by atoms with Crippen LogP contribution in [0.1, 0.15) is 73.6 Å². The first-order valence-electron chi connectivity index (χ1n) is 9.92. The summed E-state index contributed by atoms with van der Waals surface area (Å²) in [5.41, 5.74) is -2.32. The number of aliphatic hydroxyl groups excluding tert-OH is 4. The Labute approximate surface area is 158 Å². The third-order valence-electron chi connectivity index (χ3n) is 5.72. The quantitative estimate of drug-likeness (QED) is 0.271. The maximum Gasteiger partial charge on any atom is 0.156 e. The van der Waals surface area contributed by atoms with Crippen LogP contribution in [0.2, 0.25) is 0 Å². The Balaban J connectivity index is 5.64. The summed E-state index contributed by atoms with van der Waals surface area (Å²) in [5.74, 6) is -1.19. The molecule has 0 fully saturated rings. The highest BCUT2D eigenvalue weighted by atomic mass is 16.5. The standard InChI is InChI=1S/C20H42O6/c1-7-9-16(22)15(8-2)20(26,17(23)14(4)12-21)11-13(3)10-19(5,6)18(24)25/h13-18,21-26H,7-12H2,1-6H3. The first-order valence-corrected chi connectivity index (χ1v) is 9.92. The van der Waals surface area contributed by atoms with Crippen molar-refractivity contribution in [3.05, 3.63) is 0 Å². The van der Waals surface area contributed by atoms with Crippen LogP contribution in [0.25, 0.3) is 0 Å². The molecule has 0 aromatic heterocycles. The molecule has 0 aromatic carbocycles. The lowest BCUT2D eigenvalue weighted by Gasteiger charge is -2.45. The smallest absolute Gasteiger partial charge is 0.156 e. The molecule has 0 aliphatic heterocycles. The van der Waals surface area contributed by atoms with E-state index >= 15 is 0 Å². The SMILES string of the molecule is CCCC(O)C(CC)C(O)(CC(C)CC(C)(C)C(O)O)C(O)C(C)CO. The van der Waals surface area contributed by atoms with Gasteiger partial charge in [0.2, 0.25) is 0 Å². The Morgan fingerprint density at radius 1 is 0.923 bits per heavy atom. The molecule has 6 atom stereocenters. The normalized spacial score (nSPS) is 21.1. The molecule has 0 saturated carbocycles. The van der Waals surface area contributed by atoms with Gasteiger partial charge >= 0.3 is 0 Å². The summed E-state index contributed by atoms with van der Waals surface area (Å²) >= 11 is 0. The second kappa shape index (κ2) is 10.9. The van der Waals surface area contributed by atoms with Gasteiger partial charge in [-0.1, -0.05) is 48.0 Å². The van der Waals surface area contributed by atoms with E-state index in [9.17, 15) is 30.6 Å². The largest absolute Gasteiger partial charge is 0.396 e. The maximum absolute atomic E-state index is 11.5. The van der Waals surface area contributed by atoms with Gasteiger partial charge in [-0.25, -0.2) is 0 Å². The summed E-state index contributed by atoms with van der Waals surface area (Å²) in [5, 5.41) is 61.4. The van der Waals surface area contributed by atoms with Gasteiger partial charge in [0.25, 0.3) is 0 Å². The minimum Gasteiger partial charge on any atom is -0.396 e. The fourth-order valence-corrected chi connectivity index (χ4v) is 4.17. The molecule has 0 heterocycles. The lowest BCUT2D eigenvalue weighted by molar-refractivity contribution is -0.178. The first-order chi connectivity index (χ1) is 11.9. The van der Waals surface area contributed by atoms with Crippen molar-refractivity contribution in [2.45, 2.75) is 97.7 Å². The molecular weight excluding hydrogens is 336 g/mol. The van der Waals surface area contributed by atoms with Crippen molar-refractivity contribution in [1.29, 1.82) is 0 Å². The summed E-state index contributed by atoms with van der Waals surface area (Å²) in [7, 11) is 0. The molecule has 0 saturated heterocycles. The van der Waals surface area contributed by atoms with Gasteiger partial charge in [-0.15, -0.1) is 0 Å². The van der Waals surface area contributed by atoms with Crippen LogP contribution in [-0.2, 0) is 0 Å². The number of hydrogen-bond acceptors (Lipinski definition) is 6. The van der Waals surface area contributed by atoms with E-state index in [2.05, 4.69) is 0 Å². The van der Waals surface area contributed by atoms with Gasteiger partial charge in [0.15, 0.2) is 6.29 Å². The van der Waals surface area contributed by atoms with Crippen LogP contribution in [0.15, 0.2) is 0 Å². The van der Waals surface area contributed by atoms with Crippen LogP contribution in [0.5, 0.6) is 0 Å². The minimum atomic E-state index is -1.57. The van der Waals surface area contributed by atoms with E-state index in [4.69, 9.17) is 0 Å². The van der Waals surface area contributed by atoms with Crippen LogP contribution in [-0.4, -0.2) is 61.3 Å². The second-order valence-electron chi connectivity index (χ2n) is 8.84. The highest BCUT2D eigenvalue weighted by Crippen LogP contribution is 2.40. The van der Waals surface area contributed by atoms with Crippen LogP contribution in [0.4, 0.5) is 0 Å². The van der Waals surface area contributed by atoms with E-state index in [0.717, 1.165) is 6.42 Å². The average molecular weight is 379 g/mol. The van der Waals surface area contributed by atoms with E-state index in [-0.39, 0.29) is 18.9 Å². The Hall–Kier alpha value is -0.240. The van der Waals surface area contributed by atoms with Crippen molar-refractivity contribution >= 4 is 0 Å². The zero-order chi connectivity index (χ0) is 20.7. The van der Waals surface area contributed by atoms with Crippen molar-refractivity contribution in [3.8, 4) is 0 Å². The molecule has 0 radical (unpaired) electrons. The topological polar surface area (TPSA) is 121 Å². The maximum atomic E-state index is 11.5. The molecule has 6 unspecified atom stereocenters. The number of aliphatic hydroxyl groups is 6. The number of hydrogen-bond donors (Lipinski definition) is 6. The lowest BCUT2D eigenvalue weighted by atomic mass is 9.67. The van der Waals surface area contributed by atoms with Gasteiger partial charge in [0, 0.05) is 23.9 Å². The molecule has 0 aliphatic rings. The van der Waals surface area contributed by atoms with Gasteiger partial charge in [-0.3, -0.25) is 0 Å². The van der Waals surface area contributed by atoms with E-state index in [1.54, 1.807) is 20.8 Å². The fraction of sp³-hybridized carbons (Fsp3) is 1.00. The molecule has 0 aromatic rings. The van der Waals surface area contributed by atoms with Gasteiger partial charge in [0.1, 0.15) is 0 Å². The molecule has 0 spiro atoms. The Bertz CT molecular complexity index is 386. The predicted octanol–water partition coefficient (Wildman–Crippen LogP) is 1.65. The highest BCUT2D eigenvalue weighted by Gasteiger charge is 2.48. The van der Waals surface area contributed by atoms with Crippen molar-refractivity contribution in [2.75, 3.05) is 6.61 Å². The van der Waals surface area contributed by atoms with Crippen molar-refractivity contribution in [1.82, 2.24) is 0 Å². The minimum absolute atomic E-state index is 0.125. The molecule has 6 heteroatoms. The van der Waals surface area contributed by atoms with Gasteiger partial charge in [-0.05, 0) is 31.6 Å². The Kier molecular flexibility index (Phi) is 10.8. The third-order valence-corrected chi connectivity index (χ3v) is 5.72. The Morgan fingerprint density at radius 3 is 1.85 bits per heavy atom. The van der Waals surface area contributed by atoms with Gasteiger partial charge < -0.3 is 30.6 Å². The van der Waals surface area contributed by atoms with E-state index in [0.29, 0.717) is 19.3 Å². The van der Waals surface area contributed by atoms with Crippen LogP contribution in [0.3, 0.4) is 0 Å². The van der Waals surface area contributed by atoms with E-state index in [1.807, 2.05) is 20.8 Å². The zero-order valence-corrected chi connectivity index (χ0v) is 17.4. The van der Waals surface area contributed by atoms with Gasteiger partial charge in [0.05, 0.1) is 17.8 Å². The van der Waals surface area contributed by atoms with Crippen LogP contribution in [0, 0.1) is 23.2 Å². The monoisotopic (exact) mass is 378 g/mol. The molecule has 26 heavy (non-hydrogen) atoms. The molecule has 0 bridgehead atoms. The van der Waals surface area contributed by atoms with Crippen molar-refractivity contribution in [3.63, 3.8) is 0 Å². The molecule has 0 amide bonds. The second-order valence-corrected chi connectivity index (χ2v) is 8.84. The van der Waals surface area contributed by atoms with Crippen molar-refractivity contribution in [2.24, 2.45) is 23.2 Å². The summed E-state index contributed by atoms with van der Waals surface area (Å²) in [6, 6.07) is 0. The first kappa shape index (κ1) is 25.8. The summed E-state index contributed by atoms with van der Waals surface area (Å²) in [6.07, 6.45) is -0.998. The van der Waals surface area contributed by atoms with Crippen LogP contribution >= 0.6 is 0 Å². The third kappa shape index (κ3) is 6.73. The molecule has 6 nitrogen and oxygen atoms in total. The molecule has 158 valence electrons. The van der Waals surface area contributed by atoms with E-state index < -0.39 is 41.3 Å².